The van der Waals surface area contributed by atoms with Gasteiger partial charge >= 0.3 is 0 Å². The lowest BCUT2D eigenvalue weighted by atomic mass is 10.3. The summed E-state index contributed by atoms with van der Waals surface area (Å²) in [4.78, 5) is 19.0. The number of nitrogen functional groups attached to an aromatic ring is 1. The van der Waals surface area contributed by atoms with Crippen LogP contribution in [0.15, 0.2) is 30.2 Å². The molecule has 2 rings (SSSR count). The van der Waals surface area contributed by atoms with Crippen molar-refractivity contribution in [1.82, 2.24) is 9.88 Å². The Labute approximate surface area is 124 Å². The van der Waals surface area contributed by atoms with Gasteiger partial charge in [0.15, 0.2) is 5.13 Å². The van der Waals surface area contributed by atoms with Crippen LogP contribution in [0.1, 0.15) is 15.4 Å². The van der Waals surface area contributed by atoms with Gasteiger partial charge in [-0.05, 0) is 12.1 Å². The van der Waals surface area contributed by atoms with Crippen LogP contribution in [0.4, 0.5) is 5.13 Å². The molecule has 0 aliphatic rings. The molecule has 2 heterocycles. The lowest BCUT2D eigenvalue weighted by Crippen LogP contribution is -2.30. The molecule has 0 unspecified atom stereocenters. The monoisotopic (exact) mass is 313 g/mol. The smallest absolute Gasteiger partial charge is 0.274 e. The first-order valence-corrected chi connectivity index (χ1v) is 7.53. The molecule has 2 aromatic heterocycles. The molecule has 0 bridgehead atoms. The van der Waals surface area contributed by atoms with Crippen LogP contribution in [-0.4, -0.2) is 22.3 Å². The number of rotatable bonds is 5. The van der Waals surface area contributed by atoms with Crippen LogP contribution in [0.25, 0.3) is 0 Å². The number of aromatic nitrogens is 1. The largest absolute Gasteiger partial charge is 0.375 e. The van der Waals surface area contributed by atoms with Crippen molar-refractivity contribution in [2.24, 2.45) is 0 Å². The minimum Gasteiger partial charge on any atom is -0.375 e. The topological polar surface area (TPSA) is 59.2 Å². The fraction of sp³-hybridized carbons (Fsp3) is 0.167. The quantitative estimate of drug-likeness (QED) is 0.862. The van der Waals surface area contributed by atoms with Crippen LogP contribution in [0.2, 0.25) is 4.34 Å². The molecule has 0 aromatic carbocycles. The van der Waals surface area contributed by atoms with Crippen LogP contribution in [-0.2, 0) is 6.54 Å². The predicted octanol–water partition coefficient (Wildman–Crippen LogP) is 3.27. The molecule has 0 fully saturated rings. The molecule has 0 aliphatic carbocycles. The van der Waals surface area contributed by atoms with E-state index in [1.165, 1.54) is 22.7 Å². The SMILES string of the molecule is C=CCN(Cc1ccc(Cl)s1)C(=O)c1csc(N)n1. The number of nitrogens with zero attached hydrogens (tertiary/aromatic N) is 2. The Morgan fingerprint density at radius 3 is 2.89 bits per heavy atom. The van der Waals surface area contributed by atoms with Crippen LogP contribution in [0.3, 0.4) is 0 Å². The van der Waals surface area contributed by atoms with Crippen molar-refractivity contribution in [3.8, 4) is 0 Å². The van der Waals surface area contributed by atoms with Crippen molar-refractivity contribution < 1.29 is 4.79 Å². The molecule has 2 N–H and O–H groups in total. The number of nitrogens with two attached hydrogens (primary N) is 1. The summed E-state index contributed by atoms with van der Waals surface area (Å²) in [5.74, 6) is -0.155. The van der Waals surface area contributed by atoms with Gasteiger partial charge in [-0.1, -0.05) is 17.7 Å². The van der Waals surface area contributed by atoms with Gasteiger partial charge in [-0.3, -0.25) is 4.79 Å². The third kappa shape index (κ3) is 3.56. The summed E-state index contributed by atoms with van der Waals surface area (Å²) in [6.07, 6.45) is 1.68. The third-order valence-electron chi connectivity index (χ3n) is 2.35. The summed E-state index contributed by atoms with van der Waals surface area (Å²) < 4.78 is 0.707. The predicted molar refractivity (Wildman–Crippen MR) is 80.8 cm³/mol. The van der Waals surface area contributed by atoms with Gasteiger partial charge in [-0.15, -0.1) is 29.3 Å². The third-order valence-corrected chi connectivity index (χ3v) is 4.24. The zero-order chi connectivity index (χ0) is 13.8. The van der Waals surface area contributed by atoms with Gasteiger partial charge in [0.1, 0.15) is 5.69 Å². The molecule has 19 heavy (non-hydrogen) atoms. The minimum absolute atomic E-state index is 0.155. The first-order valence-electron chi connectivity index (χ1n) is 5.45. The Hall–Kier alpha value is -1.37. The maximum absolute atomic E-state index is 12.3. The van der Waals surface area contributed by atoms with E-state index >= 15 is 0 Å². The van der Waals surface area contributed by atoms with Gasteiger partial charge in [-0.25, -0.2) is 4.98 Å². The summed E-state index contributed by atoms with van der Waals surface area (Å²) in [6.45, 7) is 4.61. The van der Waals surface area contributed by atoms with Crippen LogP contribution >= 0.6 is 34.3 Å². The average Bonchev–Trinajstić information content (AvgIpc) is 2.97. The maximum atomic E-state index is 12.3. The lowest BCUT2D eigenvalue weighted by molar-refractivity contribution is 0.0759. The molecule has 2 aromatic rings. The normalized spacial score (nSPS) is 10.4. The lowest BCUT2D eigenvalue weighted by Gasteiger charge is -2.19. The molecule has 0 atom stereocenters. The molecule has 0 saturated heterocycles. The summed E-state index contributed by atoms with van der Waals surface area (Å²) in [7, 11) is 0. The van der Waals surface area contributed by atoms with E-state index in [-0.39, 0.29) is 5.91 Å². The number of anilines is 1. The number of carbonyl (C=O) groups excluding carboxylic acids is 1. The van der Waals surface area contributed by atoms with E-state index < -0.39 is 0 Å². The number of hydrogen-bond acceptors (Lipinski definition) is 5. The summed E-state index contributed by atoms with van der Waals surface area (Å²) in [5.41, 5.74) is 5.92. The molecule has 0 aliphatic heterocycles. The highest BCUT2D eigenvalue weighted by Crippen LogP contribution is 2.23. The molecule has 0 spiro atoms. The number of carbonyl (C=O) groups is 1. The summed E-state index contributed by atoms with van der Waals surface area (Å²) in [6, 6.07) is 3.73. The van der Waals surface area contributed by atoms with E-state index in [0.717, 1.165) is 4.88 Å². The van der Waals surface area contributed by atoms with Crippen molar-refractivity contribution in [3.63, 3.8) is 0 Å². The van der Waals surface area contributed by atoms with Gasteiger partial charge in [-0.2, -0.15) is 0 Å². The summed E-state index contributed by atoms with van der Waals surface area (Å²) in [5, 5.41) is 2.05. The first kappa shape index (κ1) is 14.0. The fourth-order valence-corrected chi connectivity index (χ4v) is 3.19. The van der Waals surface area contributed by atoms with Gasteiger partial charge < -0.3 is 10.6 Å². The Morgan fingerprint density at radius 1 is 1.58 bits per heavy atom. The van der Waals surface area contributed by atoms with E-state index in [1.54, 1.807) is 16.4 Å². The molecule has 100 valence electrons. The molecule has 0 radical (unpaired) electrons. The van der Waals surface area contributed by atoms with Gasteiger partial charge in [0.05, 0.1) is 10.9 Å². The second kappa shape index (κ2) is 6.18. The zero-order valence-electron chi connectivity index (χ0n) is 10.0. The number of amides is 1. The van der Waals surface area contributed by atoms with E-state index in [9.17, 15) is 4.79 Å². The zero-order valence-corrected chi connectivity index (χ0v) is 12.4. The second-order valence-electron chi connectivity index (χ2n) is 3.75. The van der Waals surface area contributed by atoms with Crippen molar-refractivity contribution in [2.75, 3.05) is 12.3 Å². The van der Waals surface area contributed by atoms with Crippen molar-refractivity contribution in [2.45, 2.75) is 6.54 Å². The van der Waals surface area contributed by atoms with Crippen LogP contribution in [0, 0.1) is 0 Å². The van der Waals surface area contributed by atoms with E-state index in [4.69, 9.17) is 17.3 Å². The van der Waals surface area contributed by atoms with Gasteiger partial charge in [0.2, 0.25) is 0 Å². The number of thiophene rings is 1. The van der Waals surface area contributed by atoms with Gasteiger partial charge in [0, 0.05) is 16.8 Å². The van der Waals surface area contributed by atoms with E-state index in [1.807, 2.05) is 12.1 Å². The van der Waals surface area contributed by atoms with E-state index in [2.05, 4.69) is 11.6 Å². The van der Waals surface area contributed by atoms with Crippen molar-refractivity contribution in [1.29, 1.82) is 0 Å². The molecule has 4 nitrogen and oxygen atoms in total. The Morgan fingerprint density at radius 2 is 2.37 bits per heavy atom. The van der Waals surface area contributed by atoms with Crippen molar-refractivity contribution >= 4 is 45.3 Å². The Bertz CT molecular complexity index is 593. The standard InChI is InChI=1S/C12H12ClN3OS2/c1-2-5-16(6-8-3-4-10(13)19-8)11(17)9-7-18-12(14)15-9/h2-4,7H,1,5-6H2,(H2,14,15). The Kier molecular flexibility index (Phi) is 4.57. The first-order chi connectivity index (χ1) is 9.10. The van der Waals surface area contributed by atoms with Crippen LogP contribution in [0.5, 0.6) is 0 Å². The number of hydrogen-bond donors (Lipinski definition) is 1. The molecular weight excluding hydrogens is 302 g/mol. The number of thiazole rings is 1. The highest BCUT2D eigenvalue weighted by atomic mass is 35.5. The molecule has 7 heteroatoms. The molecular formula is C12H12ClN3OS2. The summed E-state index contributed by atoms with van der Waals surface area (Å²) >= 11 is 8.60. The molecule has 1 amide bonds. The minimum atomic E-state index is -0.155. The van der Waals surface area contributed by atoms with Crippen LogP contribution < -0.4 is 5.73 Å². The highest BCUT2D eigenvalue weighted by Gasteiger charge is 2.18. The van der Waals surface area contributed by atoms with Gasteiger partial charge in [0.25, 0.3) is 5.91 Å². The molecule has 0 saturated carbocycles. The van der Waals surface area contributed by atoms with E-state index in [0.29, 0.717) is 28.3 Å². The Balaban J connectivity index is 2.15. The fourth-order valence-electron chi connectivity index (χ4n) is 1.55. The van der Waals surface area contributed by atoms with Crippen molar-refractivity contribution in [3.05, 3.63) is 45.1 Å². The number of halogens is 1. The second-order valence-corrected chi connectivity index (χ2v) is 6.44. The average molecular weight is 314 g/mol. The highest BCUT2D eigenvalue weighted by molar-refractivity contribution is 7.16. The maximum Gasteiger partial charge on any atom is 0.274 e.